The molecule has 6 nitrogen and oxygen atoms in total. The van der Waals surface area contributed by atoms with Crippen molar-refractivity contribution in [2.24, 2.45) is 0 Å². The molecule has 0 aliphatic carbocycles. The second-order valence-electron chi connectivity index (χ2n) is 7.85. The standard InChI is InChI=1S/C24H24ClF3N2O4/c25-19-3-5-20(6-4-19)34-14-11-29-22(32)8-7-21(31)18-2-1-16-9-12-30(13-10-17(16)15-18)23(33)24(26,27)28/h1-6,15H,7-14H2,(H,29,32). The summed E-state index contributed by atoms with van der Waals surface area (Å²) < 4.78 is 43.7. The van der Waals surface area contributed by atoms with Crippen LogP contribution in [0.2, 0.25) is 5.02 Å². The first-order valence-electron chi connectivity index (χ1n) is 10.8. The van der Waals surface area contributed by atoms with Crippen LogP contribution >= 0.6 is 11.6 Å². The molecule has 0 unspecified atom stereocenters. The highest BCUT2D eigenvalue weighted by molar-refractivity contribution is 6.30. The molecule has 0 bridgehead atoms. The molecule has 2 amide bonds. The van der Waals surface area contributed by atoms with Gasteiger partial charge in [-0.25, -0.2) is 0 Å². The van der Waals surface area contributed by atoms with Gasteiger partial charge in [0.15, 0.2) is 5.78 Å². The Morgan fingerprint density at radius 2 is 1.65 bits per heavy atom. The van der Waals surface area contributed by atoms with Crippen molar-refractivity contribution in [1.29, 1.82) is 0 Å². The fraction of sp³-hybridized carbons (Fsp3) is 0.375. The average Bonchev–Trinajstić information content (AvgIpc) is 3.02. The lowest BCUT2D eigenvalue weighted by atomic mass is 9.97. The minimum Gasteiger partial charge on any atom is -0.492 e. The molecule has 0 saturated heterocycles. The van der Waals surface area contributed by atoms with Crippen molar-refractivity contribution in [1.82, 2.24) is 10.2 Å². The number of carbonyl (C=O) groups excluding carboxylic acids is 3. The third-order valence-corrected chi connectivity index (χ3v) is 5.70. The molecule has 1 aliphatic rings. The molecule has 182 valence electrons. The quantitative estimate of drug-likeness (QED) is 0.443. The summed E-state index contributed by atoms with van der Waals surface area (Å²) in [6.07, 6.45) is -4.38. The molecule has 2 aromatic carbocycles. The number of ether oxygens (including phenoxy) is 1. The number of hydrogen-bond donors (Lipinski definition) is 1. The second kappa shape index (κ2) is 11.4. The molecule has 0 fully saturated rings. The van der Waals surface area contributed by atoms with E-state index in [1.165, 1.54) is 0 Å². The zero-order chi connectivity index (χ0) is 24.7. The van der Waals surface area contributed by atoms with E-state index >= 15 is 0 Å². The lowest BCUT2D eigenvalue weighted by Crippen LogP contribution is -2.42. The number of fused-ring (bicyclic) bond motifs is 1. The maximum atomic E-state index is 12.7. The Hall–Kier alpha value is -3.07. The highest BCUT2D eigenvalue weighted by Gasteiger charge is 2.42. The van der Waals surface area contributed by atoms with E-state index in [1.54, 1.807) is 42.5 Å². The molecule has 1 aliphatic heterocycles. The number of ketones is 1. The number of benzene rings is 2. The molecule has 3 rings (SSSR count). The Morgan fingerprint density at radius 1 is 0.971 bits per heavy atom. The van der Waals surface area contributed by atoms with Crippen molar-refractivity contribution in [3.05, 3.63) is 64.2 Å². The highest BCUT2D eigenvalue weighted by atomic mass is 35.5. The van der Waals surface area contributed by atoms with E-state index in [0.717, 1.165) is 16.0 Å². The summed E-state index contributed by atoms with van der Waals surface area (Å²) in [5.41, 5.74) is 1.95. The summed E-state index contributed by atoms with van der Waals surface area (Å²) in [5.74, 6) is -1.74. The van der Waals surface area contributed by atoms with Gasteiger partial charge in [0.2, 0.25) is 5.91 Å². The molecule has 0 radical (unpaired) electrons. The molecule has 1 N–H and O–H groups in total. The third kappa shape index (κ3) is 7.21. The number of rotatable bonds is 8. The van der Waals surface area contributed by atoms with Crippen molar-refractivity contribution < 1.29 is 32.3 Å². The van der Waals surface area contributed by atoms with Gasteiger partial charge in [-0.2, -0.15) is 13.2 Å². The summed E-state index contributed by atoms with van der Waals surface area (Å²) in [7, 11) is 0. The summed E-state index contributed by atoms with van der Waals surface area (Å²) >= 11 is 5.80. The van der Waals surface area contributed by atoms with E-state index in [-0.39, 0.29) is 63.6 Å². The molecular formula is C24H24ClF3N2O4. The summed E-state index contributed by atoms with van der Waals surface area (Å²) in [5, 5.41) is 3.28. The minimum atomic E-state index is -4.90. The number of alkyl halides is 3. The monoisotopic (exact) mass is 496 g/mol. The van der Waals surface area contributed by atoms with Crippen LogP contribution in [0, 0.1) is 0 Å². The van der Waals surface area contributed by atoms with Crippen molar-refractivity contribution in [3.63, 3.8) is 0 Å². The highest BCUT2D eigenvalue weighted by Crippen LogP contribution is 2.23. The summed E-state index contributed by atoms with van der Waals surface area (Å²) in [6, 6.07) is 11.8. The maximum Gasteiger partial charge on any atom is 0.471 e. The number of halogens is 4. The predicted molar refractivity (Wildman–Crippen MR) is 120 cm³/mol. The van der Waals surface area contributed by atoms with Crippen LogP contribution < -0.4 is 10.1 Å². The van der Waals surface area contributed by atoms with Gasteiger partial charge in [-0.3, -0.25) is 14.4 Å². The fourth-order valence-electron chi connectivity index (χ4n) is 3.63. The number of hydrogen-bond acceptors (Lipinski definition) is 4. The Morgan fingerprint density at radius 3 is 2.32 bits per heavy atom. The molecule has 0 atom stereocenters. The minimum absolute atomic E-state index is 0.00134. The summed E-state index contributed by atoms with van der Waals surface area (Å²) in [4.78, 5) is 36.9. The van der Waals surface area contributed by atoms with Crippen molar-refractivity contribution in [3.8, 4) is 5.75 Å². The molecule has 34 heavy (non-hydrogen) atoms. The van der Waals surface area contributed by atoms with Crippen LogP contribution in [-0.2, 0) is 22.4 Å². The van der Waals surface area contributed by atoms with E-state index in [1.807, 2.05) is 0 Å². The van der Waals surface area contributed by atoms with Crippen molar-refractivity contribution >= 4 is 29.2 Å². The number of nitrogens with one attached hydrogen (secondary N) is 1. The lowest BCUT2D eigenvalue weighted by molar-refractivity contribution is -0.185. The SMILES string of the molecule is O=C(CCC(=O)c1ccc2c(c1)CCN(C(=O)C(F)(F)F)CC2)NCCOc1ccc(Cl)cc1. The Kier molecular flexibility index (Phi) is 8.55. The van der Waals surface area contributed by atoms with Crippen molar-refractivity contribution in [2.75, 3.05) is 26.2 Å². The first-order chi connectivity index (χ1) is 16.1. The normalized spacial score (nSPS) is 13.6. The van der Waals surface area contributed by atoms with Crippen LogP contribution in [0.3, 0.4) is 0 Å². The largest absolute Gasteiger partial charge is 0.492 e. The van der Waals surface area contributed by atoms with Gasteiger partial charge in [0, 0.05) is 36.5 Å². The van der Waals surface area contributed by atoms with Gasteiger partial charge in [0.25, 0.3) is 0 Å². The van der Waals surface area contributed by atoms with E-state index in [2.05, 4.69) is 5.32 Å². The topological polar surface area (TPSA) is 75.7 Å². The maximum absolute atomic E-state index is 12.7. The average molecular weight is 497 g/mol. The van der Waals surface area contributed by atoms with Gasteiger partial charge in [-0.1, -0.05) is 23.7 Å². The van der Waals surface area contributed by atoms with E-state index in [4.69, 9.17) is 16.3 Å². The zero-order valence-electron chi connectivity index (χ0n) is 18.3. The number of Topliss-reactive ketones (excluding diaryl/α,β-unsaturated/α-hetero) is 1. The first kappa shape index (κ1) is 25.6. The van der Waals surface area contributed by atoms with Crippen LogP contribution in [0.1, 0.15) is 34.3 Å². The Labute approximate surface area is 200 Å². The Balaban J connectivity index is 1.44. The van der Waals surface area contributed by atoms with Crippen molar-refractivity contribution in [2.45, 2.75) is 31.9 Å². The van der Waals surface area contributed by atoms with E-state index in [9.17, 15) is 27.6 Å². The van der Waals surface area contributed by atoms with E-state index < -0.39 is 12.1 Å². The second-order valence-corrected chi connectivity index (χ2v) is 8.29. The zero-order valence-corrected chi connectivity index (χ0v) is 19.0. The fourth-order valence-corrected chi connectivity index (χ4v) is 3.76. The first-order valence-corrected chi connectivity index (χ1v) is 11.2. The molecular weight excluding hydrogens is 473 g/mol. The molecule has 2 aromatic rings. The lowest BCUT2D eigenvalue weighted by Gasteiger charge is -2.21. The molecule has 0 saturated carbocycles. The number of amides is 2. The van der Waals surface area contributed by atoms with E-state index in [0.29, 0.717) is 16.3 Å². The van der Waals surface area contributed by atoms with Crippen LogP contribution in [-0.4, -0.2) is 54.9 Å². The van der Waals surface area contributed by atoms with Gasteiger partial charge >= 0.3 is 12.1 Å². The van der Waals surface area contributed by atoms with Crippen LogP contribution in [0.4, 0.5) is 13.2 Å². The van der Waals surface area contributed by atoms with Crippen LogP contribution in [0.25, 0.3) is 0 Å². The Bertz CT molecular complexity index is 1040. The smallest absolute Gasteiger partial charge is 0.471 e. The van der Waals surface area contributed by atoms with Gasteiger partial charge < -0.3 is 15.0 Å². The van der Waals surface area contributed by atoms with Gasteiger partial charge in [0.1, 0.15) is 12.4 Å². The summed E-state index contributed by atoms with van der Waals surface area (Å²) in [6.45, 7) is 0.450. The molecule has 0 spiro atoms. The molecule has 10 heteroatoms. The molecule has 1 heterocycles. The van der Waals surface area contributed by atoms with Gasteiger partial charge in [0.05, 0.1) is 6.54 Å². The number of carbonyl (C=O) groups is 3. The van der Waals surface area contributed by atoms with Gasteiger partial charge in [-0.15, -0.1) is 0 Å². The predicted octanol–water partition coefficient (Wildman–Crippen LogP) is 3.99. The number of nitrogens with zero attached hydrogens (tertiary/aromatic N) is 1. The van der Waals surface area contributed by atoms with Gasteiger partial charge in [-0.05, 0) is 54.3 Å². The molecule has 0 aromatic heterocycles. The third-order valence-electron chi connectivity index (χ3n) is 5.45. The van der Waals surface area contributed by atoms with Crippen LogP contribution in [0.5, 0.6) is 5.75 Å². The van der Waals surface area contributed by atoms with Crippen LogP contribution in [0.15, 0.2) is 42.5 Å².